The van der Waals surface area contributed by atoms with E-state index in [9.17, 15) is 19.2 Å². The molecular formula is C24H43NO7. The Morgan fingerprint density at radius 2 is 1.06 bits per heavy atom. The summed E-state index contributed by atoms with van der Waals surface area (Å²) in [5.41, 5.74) is -5.51. The smallest absolute Gasteiger partial charge is 0.420 e. The molecule has 0 saturated carbocycles. The Balaban J connectivity index is 7.00. The topological polar surface area (TPSA) is 99.2 Å². The zero-order valence-corrected chi connectivity index (χ0v) is 22.0. The maximum absolute atomic E-state index is 13.7. The van der Waals surface area contributed by atoms with E-state index in [1.807, 2.05) is 0 Å². The number of carbonyl (C=O) groups is 4. The lowest BCUT2D eigenvalue weighted by Crippen LogP contribution is -2.68. The van der Waals surface area contributed by atoms with Gasteiger partial charge in [0, 0.05) is 6.42 Å². The number of ether oxygens (including phenoxy) is 3. The highest BCUT2D eigenvalue weighted by Crippen LogP contribution is 2.43. The van der Waals surface area contributed by atoms with E-state index < -0.39 is 45.9 Å². The predicted molar refractivity (Wildman–Crippen MR) is 122 cm³/mol. The standard InChI is InChI=1S/C24H43NO7/c1-20(2,3)24(15-13-14-16-26,17(27)30-21(4,5)6)25(18(28)31-22(7,8)9)19(29)32-23(10,11)12/h16H,13-15H2,1-12H3/t24-/m1/s1. The Bertz CT molecular complexity index is 659. The zero-order chi connectivity index (χ0) is 25.8. The number of carbonyl (C=O) groups excluding carboxylic acids is 4. The van der Waals surface area contributed by atoms with Gasteiger partial charge >= 0.3 is 18.2 Å². The quantitative estimate of drug-likeness (QED) is 0.220. The van der Waals surface area contributed by atoms with Crippen molar-refractivity contribution in [3.63, 3.8) is 0 Å². The fourth-order valence-corrected chi connectivity index (χ4v) is 3.13. The molecule has 0 aromatic carbocycles. The van der Waals surface area contributed by atoms with Gasteiger partial charge in [-0.1, -0.05) is 20.8 Å². The van der Waals surface area contributed by atoms with Gasteiger partial charge in [0.1, 0.15) is 23.1 Å². The average Bonchev–Trinajstić information content (AvgIpc) is 2.47. The lowest BCUT2D eigenvalue weighted by atomic mass is 9.69. The van der Waals surface area contributed by atoms with Crippen molar-refractivity contribution in [2.24, 2.45) is 5.41 Å². The normalized spacial score (nSPS) is 14.8. The van der Waals surface area contributed by atoms with Gasteiger partial charge in [-0.2, -0.15) is 4.90 Å². The summed E-state index contributed by atoms with van der Waals surface area (Å²) in [6.45, 7) is 20.3. The Morgan fingerprint density at radius 3 is 1.34 bits per heavy atom. The maximum Gasteiger partial charge on any atom is 0.420 e. The highest BCUT2D eigenvalue weighted by Gasteiger charge is 2.60. The number of esters is 1. The summed E-state index contributed by atoms with van der Waals surface area (Å²) in [6, 6.07) is 0. The molecule has 1 atom stereocenters. The molecule has 0 aliphatic heterocycles. The molecular weight excluding hydrogens is 414 g/mol. The minimum absolute atomic E-state index is 0.00262. The molecule has 0 aromatic rings. The molecule has 0 bridgehead atoms. The summed E-state index contributed by atoms with van der Waals surface area (Å²) in [5.74, 6) is -0.764. The molecule has 0 radical (unpaired) electrons. The largest absolute Gasteiger partial charge is 0.458 e. The molecule has 0 aromatic heterocycles. The van der Waals surface area contributed by atoms with Gasteiger partial charge in [-0.05, 0) is 80.6 Å². The minimum Gasteiger partial charge on any atom is -0.458 e. The van der Waals surface area contributed by atoms with Crippen LogP contribution in [0.3, 0.4) is 0 Å². The first kappa shape index (κ1) is 29.9. The summed E-state index contributed by atoms with van der Waals surface area (Å²) >= 11 is 0. The molecule has 8 heteroatoms. The van der Waals surface area contributed by atoms with Crippen molar-refractivity contribution in [3.05, 3.63) is 0 Å². The second kappa shape index (κ2) is 10.2. The summed E-state index contributed by atoms with van der Waals surface area (Å²) in [7, 11) is 0. The van der Waals surface area contributed by atoms with Crippen LogP contribution >= 0.6 is 0 Å². The first-order chi connectivity index (χ1) is 14.1. The van der Waals surface area contributed by atoms with Crippen molar-refractivity contribution in [3.8, 4) is 0 Å². The Kier molecular flexibility index (Phi) is 9.54. The predicted octanol–water partition coefficient (Wildman–Crippen LogP) is 5.65. The first-order valence-electron chi connectivity index (χ1n) is 11.0. The Morgan fingerprint density at radius 1 is 0.688 bits per heavy atom. The van der Waals surface area contributed by atoms with Crippen molar-refractivity contribution in [1.82, 2.24) is 4.90 Å². The van der Waals surface area contributed by atoms with Crippen molar-refractivity contribution in [2.45, 2.75) is 125 Å². The summed E-state index contributed by atoms with van der Waals surface area (Å²) in [4.78, 5) is 52.3. The summed E-state index contributed by atoms with van der Waals surface area (Å²) < 4.78 is 16.8. The molecule has 0 aliphatic rings. The lowest BCUT2D eigenvalue weighted by Gasteiger charge is -2.49. The summed E-state index contributed by atoms with van der Waals surface area (Å²) in [6.07, 6.45) is -0.896. The number of rotatable bonds is 6. The number of amides is 2. The first-order valence-corrected chi connectivity index (χ1v) is 11.0. The van der Waals surface area contributed by atoms with Crippen LogP contribution in [0.5, 0.6) is 0 Å². The third kappa shape index (κ3) is 8.79. The van der Waals surface area contributed by atoms with Crippen LogP contribution in [-0.4, -0.2) is 51.7 Å². The number of nitrogens with zero attached hydrogens (tertiary/aromatic N) is 1. The van der Waals surface area contributed by atoms with Gasteiger partial charge < -0.3 is 19.0 Å². The molecule has 0 unspecified atom stereocenters. The van der Waals surface area contributed by atoms with Crippen LogP contribution in [0.15, 0.2) is 0 Å². The Labute approximate surface area is 193 Å². The molecule has 186 valence electrons. The van der Waals surface area contributed by atoms with Crippen molar-refractivity contribution < 1.29 is 33.4 Å². The molecule has 0 saturated heterocycles. The van der Waals surface area contributed by atoms with Crippen LogP contribution in [0, 0.1) is 5.41 Å². The SMILES string of the molecule is CC(C)(C)OC(=O)N(C(=O)OC(C)(C)C)[C@](CCCC=O)(C(=O)OC(C)(C)C)C(C)(C)C. The van der Waals surface area contributed by atoms with Gasteiger partial charge in [0.25, 0.3) is 0 Å². The van der Waals surface area contributed by atoms with Crippen LogP contribution in [-0.2, 0) is 23.8 Å². The number of hydrogen-bond acceptors (Lipinski definition) is 7. The van der Waals surface area contributed by atoms with Crippen LogP contribution in [0.4, 0.5) is 9.59 Å². The minimum atomic E-state index is -1.78. The van der Waals surface area contributed by atoms with Gasteiger partial charge in [-0.15, -0.1) is 0 Å². The third-order valence-electron chi connectivity index (χ3n) is 4.37. The maximum atomic E-state index is 13.7. The molecule has 8 nitrogen and oxygen atoms in total. The van der Waals surface area contributed by atoms with Gasteiger partial charge in [-0.25, -0.2) is 14.4 Å². The van der Waals surface area contributed by atoms with Crippen molar-refractivity contribution in [2.75, 3.05) is 0 Å². The van der Waals surface area contributed by atoms with E-state index in [4.69, 9.17) is 14.2 Å². The van der Waals surface area contributed by atoms with Gasteiger partial charge in [0.05, 0.1) is 0 Å². The average molecular weight is 458 g/mol. The second-order valence-electron chi connectivity index (χ2n) is 12.0. The lowest BCUT2D eigenvalue weighted by molar-refractivity contribution is -0.178. The number of unbranched alkanes of at least 4 members (excludes halogenated alkanes) is 1. The number of imide groups is 1. The van der Waals surface area contributed by atoms with E-state index in [1.165, 1.54) is 0 Å². The molecule has 0 rings (SSSR count). The molecule has 32 heavy (non-hydrogen) atoms. The molecule has 0 heterocycles. The van der Waals surface area contributed by atoms with Crippen LogP contribution in [0.25, 0.3) is 0 Å². The van der Waals surface area contributed by atoms with Gasteiger partial charge in [0.15, 0.2) is 5.54 Å². The molecule has 0 spiro atoms. The van der Waals surface area contributed by atoms with E-state index >= 15 is 0 Å². The Hall–Kier alpha value is -2.12. The van der Waals surface area contributed by atoms with Crippen LogP contribution in [0.2, 0.25) is 0 Å². The van der Waals surface area contributed by atoms with Gasteiger partial charge in [0.2, 0.25) is 0 Å². The van der Waals surface area contributed by atoms with E-state index in [0.717, 1.165) is 11.2 Å². The second-order valence-corrected chi connectivity index (χ2v) is 12.0. The number of hydrogen-bond donors (Lipinski definition) is 0. The monoisotopic (exact) mass is 457 g/mol. The highest BCUT2D eigenvalue weighted by molar-refractivity contribution is 5.97. The zero-order valence-electron chi connectivity index (χ0n) is 22.0. The molecule has 0 N–H and O–H groups in total. The van der Waals surface area contributed by atoms with E-state index in [1.54, 1.807) is 83.1 Å². The molecule has 0 fully saturated rings. The fourth-order valence-electron chi connectivity index (χ4n) is 3.13. The highest BCUT2D eigenvalue weighted by atomic mass is 16.6. The van der Waals surface area contributed by atoms with Crippen molar-refractivity contribution >= 4 is 24.4 Å². The third-order valence-corrected chi connectivity index (χ3v) is 4.37. The summed E-state index contributed by atoms with van der Waals surface area (Å²) in [5, 5.41) is 0. The van der Waals surface area contributed by atoms with Crippen LogP contribution in [0.1, 0.15) is 102 Å². The fraction of sp³-hybridized carbons (Fsp3) is 0.833. The number of aldehydes is 1. The van der Waals surface area contributed by atoms with E-state index in [2.05, 4.69) is 0 Å². The molecule has 0 aliphatic carbocycles. The molecule has 2 amide bonds. The van der Waals surface area contributed by atoms with Crippen LogP contribution < -0.4 is 0 Å². The van der Waals surface area contributed by atoms with Gasteiger partial charge in [-0.3, -0.25) is 0 Å². The van der Waals surface area contributed by atoms with Crippen molar-refractivity contribution in [1.29, 1.82) is 0 Å². The van der Waals surface area contributed by atoms with E-state index in [-0.39, 0.29) is 19.3 Å². The van der Waals surface area contributed by atoms with E-state index in [0.29, 0.717) is 0 Å².